The molecule has 2 aliphatic heterocycles. The quantitative estimate of drug-likeness (QED) is 0.233. The number of halogens is 3. The molecule has 33 heavy (non-hydrogen) atoms. The summed E-state index contributed by atoms with van der Waals surface area (Å²) in [5.41, 5.74) is 5.37. The zero-order chi connectivity index (χ0) is 24.6. The number of aliphatic hydroxyl groups is 1. The summed E-state index contributed by atoms with van der Waals surface area (Å²) in [7, 11) is 0. The van der Waals surface area contributed by atoms with Gasteiger partial charge in [0.1, 0.15) is 11.3 Å². The minimum atomic E-state index is -5.08. The topological polar surface area (TPSA) is 130 Å². The second kappa shape index (κ2) is 12.7. The van der Waals surface area contributed by atoms with Gasteiger partial charge in [-0.2, -0.15) is 13.2 Å². The summed E-state index contributed by atoms with van der Waals surface area (Å²) >= 11 is 4.11. The number of nitrogens with one attached hydrogen (secondary N) is 1. The van der Waals surface area contributed by atoms with Gasteiger partial charge in [0, 0.05) is 11.5 Å². The second-order valence-corrected chi connectivity index (χ2v) is 10.9. The number of hydrogen-bond acceptors (Lipinski definition) is 7. The molecule has 0 aromatic heterocycles. The van der Waals surface area contributed by atoms with E-state index in [9.17, 15) is 27.9 Å². The predicted molar refractivity (Wildman–Crippen MR) is 122 cm³/mol. The van der Waals surface area contributed by atoms with Crippen LogP contribution in [0.3, 0.4) is 0 Å². The zero-order valence-electron chi connectivity index (χ0n) is 18.0. The van der Waals surface area contributed by atoms with E-state index in [4.69, 9.17) is 15.6 Å². The second-order valence-electron chi connectivity index (χ2n) is 8.01. The first-order valence-electron chi connectivity index (χ1n) is 10.7. The monoisotopic (exact) mass is 510 g/mol. The number of carboxylic acid groups (broad SMARTS) is 1. The van der Waals surface area contributed by atoms with Crippen molar-refractivity contribution in [3.63, 3.8) is 0 Å². The van der Waals surface area contributed by atoms with Crippen molar-refractivity contribution < 1.29 is 37.8 Å². The highest BCUT2D eigenvalue weighted by Gasteiger charge is 2.38. The summed E-state index contributed by atoms with van der Waals surface area (Å²) in [5, 5.41) is 20.1. The number of amides is 1. The third-order valence-electron chi connectivity index (χ3n) is 5.70. The van der Waals surface area contributed by atoms with Gasteiger partial charge in [0.2, 0.25) is 0 Å². The summed E-state index contributed by atoms with van der Waals surface area (Å²) in [5.74, 6) is -0.181. The maximum absolute atomic E-state index is 12.4. The number of ketones is 1. The molecule has 7 nitrogen and oxygen atoms in total. The molecule has 3 fully saturated rings. The molecular formula is C21H29F3N2O5S2. The van der Waals surface area contributed by atoms with Crippen molar-refractivity contribution in [1.82, 2.24) is 5.32 Å². The molecule has 5 N–H and O–H groups in total. The molecule has 186 valence electrons. The van der Waals surface area contributed by atoms with Gasteiger partial charge in [-0.15, -0.1) is 23.5 Å². The van der Waals surface area contributed by atoms with Gasteiger partial charge in [0.15, 0.2) is 5.78 Å². The van der Waals surface area contributed by atoms with Crippen molar-refractivity contribution in [2.24, 2.45) is 17.6 Å². The van der Waals surface area contributed by atoms with E-state index in [0.717, 1.165) is 6.42 Å². The SMILES string of the molecule is NCCCC1NC(=O)/C(=C(O)/C=C/[C@H]2CCC[C@@H]2CC2SCCS2)C1=O.O=C(O)C(F)(F)F. The summed E-state index contributed by atoms with van der Waals surface area (Å²) in [6.45, 7) is 0.477. The van der Waals surface area contributed by atoms with Crippen molar-refractivity contribution in [3.05, 3.63) is 23.5 Å². The fourth-order valence-corrected chi connectivity index (χ4v) is 7.07. The maximum Gasteiger partial charge on any atom is 0.490 e. The molecular weight excluding hydrogens is 481 g/mol. The number of nitrogens with two attached hydrogens (primary N) is 1. The zero-order valence-corrected chi connectivity index (χ0v) is 19.6. The molecule has 2 heterocycles. The van der Waals surface area contributed by atoms with Crippen LogP contribution >= 0.6 is 23.5 Å². The van der Waals surface area contributed by atoms with E-state index in [1.165, 1.54) is 30.8 Å². The molecule has 1 amide bonds. The Labute approximate surface area is 198 Å². The molecule has 0 spiro atoms. The molecule has 0 aromatic rings. The van der Waals surface area contributed by atoms with Crippen LogP contribution in [-0.4, -0.2) is 62.7 Å². The lowest BCUT2D eigenvalue weighted by Gasteiger charge is -2.19. The molecule has 0 radical (unpaired) electrons. The van der Waals surface area contributed by atoms with Gasteiger partial charge in [-0.05, 0) is 56.6 Å². The summed E-state index contributed by atoms with van der Waals surface area (Å²) < 4.78 is 32.4. The van der Waals surface area contributed by atoms with E-state index in [1.54, 1.807) is 6.08 Å². The number of alkyl halides is 3. The number of rotatable bonds is 7. The number of hydrogen-bond donors (Lipinski definition) is 4. The molecule has 3 atom stereocenters. The Morgan fingerprint density at radius 3 is 2.39 bits per heavy atom. The fourth-order valence-electron chi connectivity index (χ4n) is 4.05. The number of carbonyl (C=O) groups is 3. The Hall–Kier alpha value is -1.66. The van der Waals surface area contributed by atoms with E-state index in [2.05, 4.69) is 28.8 Å². The Kier molecular flexibility index (Phi) is 10.6. The average Bonchev–Trinajstić information content (AvgIpc) is 3.46. The third-order valence-corrected chi connectivity index (χ3v) is 8.78. The summed E-state index contributed by atoms with van der Waals surface area (Å²) in [4.78, 5) is 33.3. The highest BCUT2D eigenvalue weighted by molar-refractivity contribution is 8.20. The Morgan fingerprint density at radius 1 is 1.18 bits per heavy atom. The van der Waals surface area contributed by atoms with Crippen LogP contribution < -0.4 is 11.1 Å². The fraction of sp³-hybridized carbons (Fsp3) is 0.667. The first-order chi connectivity index (χ1) is 15.5. The van der Waals surface area contributed by atoms with E-state index >= 15 is 0 Å². The predicted octanol–water partition coefficient (Wildman–Crippen LogP) is 3.41. The van der Waals surface area contributed by atoms with Crippen molar-refractivity contribution in [3.8, 4) is 0 Å². The first-order valence-corrected chi connectivity index (χ1v) is 12.8. The van der Waals surface area contributed by atoms with Crippen LogP contribution in [0.4, 0.5) is 13.2 Å². The lowest BCUT2D eigenvalue weighted by molar-refractivity contribution is -0.192. The molecule has 2 saturated heterocycles. The average molecular weight is 511 g/mol. The van der Waals surface area contributed by atoms with Crippen molar-refractivity contribution in [1.29, 1.82) is 0 Å². The number of aliphatic carboxylic acids is 1. The van der Waals surface area contributed by atoms with Crippen LogP contribution in [0, 0.1) is 11.8 Å². The van der Waals surface area contributed by atoms with Gasteiger partial charge in [0.25, 0.3) is 5.91 Å². The normalized spacial score (nSPS) is 27.6. The molecule has 0 aromatic carbocycles. The van der Waals surface area contributed by atoms with Gasteiger partial charge in [-0.25, -0.2) is 4.79 Å². The largest absolute Gasteiger partial charge is 0.507 e. The van der Waals surface area contributed by atoms with Crippen LogP contribution in [0.1, 0.15) is 38.5 Å². The van der Waals surface area contributed by atoms with Crippen LogP contribution in [0.25, 0.3) is 0 Å². The van der Waals surface area contributed by atoms with Gasteiger partial charge in [0.05, 0.1) is 10.6 Å². The van der Waals surface area contributed by atoms with Crippen molar-refractivity contribution in [2.75, 3.05) is 18.1 Å². The highest BCUT2D eigenvalue weighted by Crippen LogP contribution is 2.43. The van der Waals surface area contributed by atoms with E-state index in [-0.39, 0.29) is 17.1 Å². The smallest absolute Gasteiger partial charge is 0.490 e. The number of Topliss-reactive ketones (excluding diaryl/α,β-unsaturated/α-hetero) is 1. The molecule has 1 aliphatic carbocycles. The van der Waals surface area contributed by atoms with E-state index < -0.39 is 24.1 Å². The number of thioether (sulfide) groups is 2. The maximum atomic E-state index is 12.4. The minimum absolute atomic E-state index is 0.0975. The van der Waals surface area contributed by atoms with Crippen LogP contribution in [0.5, 0.6) is 0 Å². The summed E-state index contributed by atoms with van der Waals surface area (Å²) in [6, 6.07) is -0.549. The number of carboxylic acids is 1. The standard InChI is InChI=1S/C19H28N2O3S2.C2HF3O2/c20-8-2-5-14-18(23)17(19(24)21-14)15(22)7-6-12-3-1-4-13(12)11-16-25-9-10-26-16;3-2(4,5)1(6)7/h6-7,12-14,16,22H,1-5,8-11,20H2,(H,21,24);(H,6,7)/b7-6+,17-15-;/t12-,13-,14?;/m1./s1. The van der Waals surface area contributed by atoms with E-state index in [1.807, 2.05) is 6.08 Å². The number of aliphatic hydroxyl groups excluding tert-OH is 1. The van der Waals surface area contributed by atoms with Gasteiger partial charge in [-0.1, -0.05) is 12.5 Å². The molecule has 3 rings (SSSR count). The van der Waals surface area contributed by atoms with Crippen LogP contribution in [-0.2, 0) is 14.4 Å². The minimum Gasteiger partial charge on any atom is -0.507 e. The van der Waals surface area contributed by atoms with Crippen LogP contribution in [0.2, 0.25) is 0 Å². The molecule has 3 aliphatic rings. The molecule has 0 bridgehead atoms. The summed E-state index contributed by atoms with van der Waals surface area (Å²) in [6.07, 6.45) is 4.45. The number of allylic oxidation sites excluding steroid dienone is 2. The Balaban J connectivity index is 0.000000479. The molecule has 1 unspecified atom stereocenters. The Bertz CT molecular complexity index is 782. The van der Waals surface area contributed by atoms with Gasteiger partial charge in [-0.3, -0.25) is 9.59 Å². The first kappa shape index (κ1) is 27.6. The lowest BCUT2D eigenvalue weighted by Crippen LogP contribution is -2.29. The van der Waals surface area contributed by atoms with Crippen LogP contribution in [0.15, 0.2) is 23.5 Å². The molecule has 1 saturated carbocycles. The number of carbonyl (C=O) groups excluding carboxylic acids is 2. The van der Waals surface area contributed by atoms with E-state index in [0.29, 0.717) is 35.8 Å². The Morgan fingerprint density at radius 2 is 1.82 bits per heavy atom. The highest BCUT2D eigenvalue weighted by atomic mass is 32.2. The van der Waals surface area contributed by atoms with Gasteiger partial charge < -0.3 is 21.3 Å². The van der Waals surface area contributed by atoms with Gasteiger partial charge >= 0.3 is 12.1 Å². The van der Waals surface area contributed by atoms with Crippen molar-refractivity contribution in [2.45, 2.75) is 55.3 Å². The van der Waals surface area contributed by atoms with Crippen molar-refractivity contribution >= 4 is 41.2 Å². The molecule has 12 heteroatoms. The lowest BCUT2D eigenvalue weighted by atomic mass is 9.92. The third kappa shape index (κ3) is 8.25.